The highest BCUT2D eigenvalue weighted by Gasteiger charge is 2.52. The zero-order chi connectivity index (χ0) is 56.0. The second-order valence-corrected chi connectivity index (χ2v) is 25.4. The van der Waals surface area contributed by atoms with Crippen molar-refractivity contribution >= 4 is 16.8 Å². The van der Waals surface area contributed by atoms with E-state index in [1.165, 1.54) is 18.7 Å². The summed E-state index contributed by atoms with van der Waals surface area (Å²) in [6.45, 7) is 18.2. The molecular weight excluding hydrogens is 1000 g/mol. The van der Waals surface area contributed by atoms with E-state index in [0.717, 1.165) is 36.1 Å². The summed E-state index contributed by atoms with van der Waals surface area (Å²) in [4.78, 5) is 19.5. The maximum Gasteiger partial charge on any atom is 0.311 e. The Morgan fingerprint density at radius 3 is 2.24 bits per heavy atom. The van der Waals surface area contributed by atoms with Crippen molar-refractivity contribution in [1.82, 2.24) is 24.8 Å². The van der Waals surface area contributed by atoms with Crippen LogP contribution in [0, 0.1) is 17.8 Å². The summed E-state index contributed by atoms with van der Waals surface area (Å²) >= 11 is 0. The Hall–Kier alpha value is -2.57. The number of hydrogen-bond donors (Lipinski definition) is 4. The SMILES string of the molecule is CC[C@H]1OC(=O)[C@H](C)[C@@H](O[C@H]2C[C@@](C)(OC)[C@@H](O)[C@H](C)O2)[C@H](C)[C@@H](O[C@H]2C[C@@H](N(C)CCc3cn([C@H](CF)[C@H](OC)c4ccc(S(=O)C5CCCC5)cc4)nn3)C[C@@H](C)O2)[C@](C)(O)C[C@@H](C)CN(C)[C@H](C)[C@@H](O)[C@]1(C)O. The second kappa shape index (κ2) is 26.8. The highest BCUT2D eigenvalue weighted by molar-refractivity contribution is 7.85. The van der Waals surface area contributed by atoms with Gasteiger partial charge in [-0.1, -0.05) is 51.0 Å². The maximum atomic E-state index is 14.9. The first kappa shape index (κ1) is 62.6. The van der Waals surface area contributed by atoms with E-state index in [1.807, 2.05) is 71.0 Å². The number of hydrogen-bond acceptors (Lipinski definition) is 17. The van der Waals surface area contributed by atoms with Gasteiger partial charge in [-0.2, -0.15) is 0 Å². The predicted molar refractivity (Wildman–Crippen MR) is 285 cm³/mol. The van der Waals surface area contributed by atoms with E-state index < -0.39 is 119 Å². The van der Waals surface area contributed by atoms with Gasteiger partial charge >= 0.3 is 5.97 Å². The summed E-state index contributed by atoms with van der Waals surface area (Å²) in [5, 5.41) is 56.6. The van der Waals surface area contributed by atoms with E-state index in [0.29, 0.717) is 38.0 Å². The van der Waals surface area contributed by atoms with Crippen molar-refractivity contribution in [2.75, 3.05) is 48.1 Å². The molecule has 4 fully saturated rings. The average molecular weight is 1100 g/mol. The second-order valence-electron chi connectivity index (χ2n) is 23.7. The number of rotatable bonds is 17. The monoisotopic (exact) mass is 1100 g/mol. The number of cyclic esters (lactones) is 1. The van der Waals surface area contributed by atoms with Gasteiger partial charge in [-0.25, -0.2) is 9.07 Å². The number of methoxy groups -OCH3 is 2. The van der Waals surface area contributed by atoms with Gasteiger partial charge in [0.15, 0.2) is 12.6 Å². The molecule has 0 radical (unpaired) electrons. The number of benzene rings is 1. The van der Waals surface area contributed by atoms with E-state index >= 15 is 0 Å². The van der Waals surface area contributed by atoms with Gasteiger partial charge in [-0.3, -0.25) is 9.00 Å². The maximum absolute atomic E-state index is 14.9. The van der Waals surface area contributed by atoms with Crippen molar-refractivity contribution in [3.63, 3.8) is 0 Å². The Kier molecular flexibility index (Phi) is 22.1. The molecule has 4 heterocycles. The van der Waals surface area contributed by atoms with E-state index in [1.54, 1.807) is 47.9 Å². The number of ether oxygens (including phenoxy) is 7. The number of aliphatic hydroxyl groups excluding tert-OH is 2. The molecule has 76 heavy (non-hydrogen) atoms. The third-order valence-electron chi connectivity index (χ3n) is 17.5. The minimum atomic E-state index is -1.82. The van der Waals surface area contributed by atoms with Crippen LogP contribution in [0.15, 0.2) is 35.4 Å². The molecule has 18 nitrogen and oxygen atoms in total. The van der Waals surface area contributed by atoms with Crippen LogP contribution in [-0.4, -0.2) is 193 Å². The van der Waals surface area contributed by atoms with Crippen molar-refractivity contribution in [2.24, 2.45) is 17.8 Å². The molecule has 434 valence electrons. The summed E-state index contributed by atoms with van der Waals surface area (Å²) < 4.78 is 74.2. The molecule has 1 unspecified atom stereocenters. The van der Waals surface area contributed by atoms with Crippen LogP contribution >= 0.6 is 0 Å². The van der Waals surface area contributed by atoms with Crippen molar-refractivity contribution in [2.45, 2.75) is 240 Å². The Morgan fingerprint density at radius 1 is 0.947 bits per heavy atom. The molecule has 3 aliphatic heterocycles. The molecule has 1 aliphatic carbocycles. The van der Waals surface area contributed by atoms with Gasteiger partial charge in [0.05, 0.1) is 58.0 Å². The van der Waals surface area contributed by atoms with Crippen molar-refractivity contribution in [1.29, 1.82) is 0 Å². The topological polar surface area (TPSA) is 217 Å². The average Bonchev–Trinajstić information content (AvgIpc) is 4.11. The van der Waals surface area contributed by atoms with Gasteiger partial charge in [-0.15, -0.1) is 5.10 Å². The van der Waals surface area contributed by atoms with Gasteiger partial charge in [0, 0.05) is 80.9 Å². The third-order valence-corrected chi connectivity index (χ3v) is 19.3. The van der Waals surface area contributed by atoms with E-state index in [9.17, 15) is 33.8 Å². The van der Waals surface area contributed by atoms with Crippen LogP contribution in [0.25, 0.3) is 0 Å². The Balaban J connectivity index is 1.22. The van der Waals surface area contributed by atoms with Crippen molar-refractivity contribution < 1.29 is 67.0 Å². The molecular formula is C56H94FN5O13S. The Bertz CT molecular complexity index is 2150. The number of esters is 1. The molecule has 0 amide bonds. The number of aliphatic hydroxyl groups is 4. The first-order valence-corrected chi connectivity index (χ1v) is 29.1. The zero-order valence-electron chi connectivity index (χ0n) is 47.9. The summed E-state index contributed by atoms with van der Waals surface area (Å²) in [6.07, 6.45) is -0.548. The molecule has 20 heteroatoms. The minimum Gasteiger partial charge on any atom is -0.459 e. The number of alkyl halides is 1. The molecule has 4 aliphatic rings. The Morgan fingerprint density at radius 2 is 1.62 bits per heavy atom. The van der Waals surface area contributed by atoms with E-state index in [2.05, 4.69) is 15.2 Å². The van der Waals surface area contributed by atoms with Crippen molar-refractivity contribution in [3.05, 3.63) is 41.7 Å². The molecule has 1 aromatic carbocycles. The largest absolute Gasteiger partial charge is 0.459 e. The van der Waals surface area contributed by atoms with Crippen LogP contribution in [0.4, 0.5) is 4.39 Å². The van der Waals surface area contributed by atoms with Crippen LogP contribution in [0.1, 0.15) is 150 Å². The fraction of sp³-hybridized carbons (Fsp3) is 0.839. The molecule has 0 spiro atoms. The molecule has 2 aromatic rings. The van der Waals surface area contributed by atoms with Crippen LogP contribution in [0.2, 0.25) is 0 Å². The standard InChI is InChI=1S/C56H94FN5O13S/c1-15-45-56(10,67)50(63)37(6)61(12)31-33(2)28-54(8,66)52(35(4)48(36(5)53(65)73-45)74-47-29-55(9,70-14)51(64)38(7)72-47)75-46-27-41(26-34(3)71-46)60(11)25-24-40-32-62(59-58-40)44(30-57)49(69-13)39-20-22-43(23-21-39)76(68)42-18-16-17-19-42/h20-23,32-38,41-42,44-52,63-64,66-67H,15-19,24-31H2,1-14H3/t33-,34-,35+,36-,37-,38+,41+,44-,45-,46+,47+,48+,49-,50-,51+,52-,54-,55-,56-,76?/m1/s1. The van der Waals surface area contributed by atoms with E-state index in [4.69, 9.17) is 33.2 Å². The lowest BCUT2D eigenvalue weighted by Crippen LogP contribution is -2.59. The quantitative estimate of drug-likeness (QED) is 0.132. The highest BCUT2D eigenvalue weighted by Crippen LogP contribution is 2.41. The molecule has 3 saturated heterocycles. The van der Waals surface area contributed by atoms with Crippen LogP contribution in [-0.2, 0) is 55.2 Å². The normalized spacial score (nSPS) is 39.3. The summed E-state index contributed by atoms with van der Waals surface area (Å²) in [5.74, 6) is -2.58. The summed E-state index contributed by atoms with van der Waals surface area (Å²) in [7, 11) is 5.87. The number of carbonyl (C=O) groups is 1. The van der Waals surface area contributed by atoms with Gasteiger partial charge in [0.1, 0.15) is 42.7 Å². The Labute approximate surface area is 454 Å². The lowest BCUT2D eigenvalue weighted by atomic mass is 9.77. The summed E-state index contributed by atoms with van der Waals surface area (Å²) in [6, 6.07) is 6.09. The molecule has 6 rings (SSSR count). The zero-order valence-corrected chi connectivity index (χ0v) is 48.7. The first-order valence-electron chi connectivity index (χ1n) is 27.9. The van der Waals surface area contributed by atoms with Gasteiger partial charge in [-0.05, 0) is 118 Å². The first-order chi connectivity index (χ1) is 35.8. The van der Waals surface area contributed by atoms with Crippen LogP contribution in [0.3, 0.4) is 0 Å². The molecule has 1 saturated carbocycles. The van der Waals surface area contributed by atoms with Crippen LogP contribution < -0.4 is 0 Å². The fourth-order valence-corrected chi connectivity index (χ4v) is 14.1. The number of halogens is 1. The third kappa shape index (κ3) is 14.7. The van der Waals surface area contributed by atoms with E-state index in [-0.39, 0.29) is 42.6 Å². The number of carbonyl (C=O) groups excluding carboxylic acids is 1. The summed E-state index contributed by atoms with van der Waals surface area (Å²) in [5.41, 5.74) is -2.97. The smallest absolute Gasteiger partial charge is 0.311 e. The van der Waals surface area contributed by atoms with Crippen LogP contribution in [0.5, 0.6) is 0 Å². The van der Waals surface area contributed by atoms with Gasteiger partial charge in [0.25, 0.3) is 0 Å². The lowest BCUT2D eigenvalue weighted by molar-refractivity contribution is -0.308. The van der Waals surface area contributed by atoms with Gasteiger partial charge < -0.3 is 63.4 Å². The highest BCUT2D eigenvalue weighted by atomic mass is 32.2. The number of likely N-dealkylation sites (N-methyl/N-ethyl adjacent to an activating group) is 2. The van der Waals surface area contributed by atoms with Gasteiger partial charge in [0.2, 0.25) is 0 Å². The molecule has 1 aromatic heterocycles. The lowest BCUT2D eigenvalue weighted by Gasteiger charge is -2.48. The predicted octanol–water partition coefficient (Wildman–Crippen LogP) is 6.08. The number of aromatic nitrogens is 3. The minimum absolute atomic E-state index is 0.0239. The molecule has 20 atom stereocenters. The number of nitrogens with zero attached hydrogens (tertiary/aromatic N) is 5. The van der Waals surface area contributed by atoms with Crippen molar-refractivity contribution in [3.8, 4) is 0 Å². The fourth-order valence-electron chi connectivity index (χ4n) is 12.6. The molecule has 0 bridgehead atoms. The molecule has 4 N–H and O–H groups in total.